The number of amides is 2. The Morgan fingerprint density at radius 1 is 1.26 bits per heavy atom. The van der Waals surface area contributed by atoms with Crippen LogP contribution in [0.1, 0.15) is 24.5 Å². The van der Waals surface area contributed by atoms with Crippen molar-refractivity contribution in [3.63, 3.8) is 0 Å². The van der Waals surface area contributed by atoms with Gasteiger partial charge in [-0.2, -0.15) is 0 Å². The maximum Gasteiger partial charge on any atom is 0.267 e. The number of rotatable bonds is 6. The molecule has 0 bridgehead atoms. The summed E-state index contributed by atoms with van der Waals surface area (Å²) in [5.74, 6) is 1.18. The average Bonchev–Trinajstić information content (AvgIpc) is 2.67. The predicted molar refractivity (Wildman–Crippen MR) is 103 cm³/mol. The molecule has 0 aliphatic carbocycles. The summed E-state index contributed by atoms with van der Waals surface area (Å²) in [7, 11) is 1.61. The molecular weight excluding hydrogens is 344 g/mol. The van der Waals surface area contributed by atoms with Crippen LogP contribution in [0.5, 0.6) is 11.5 Å². The highest BCUT2D eigenvalue weighted by atomic mass is 16.5. The Kier molecular flexibility index (Phi) is 5.64. The number of hydrogen-bond donors (Lipinski definition) is 1. The second-order valence-electron chi connectivity index (χ2n) is 6.60. The van der Waals surface area contributed by atoms with E-state index in [2.05, 4.69) is 5.32 Å². The van der Waals surface area contributed by atoms with E-state index >= 15 is 0 Å². The quantitative estimate of drug-likeness (QED) is 0.851. The Bertz CT molecular complexity index is 850. The first kappa shape index (κ1) is 18.8. The molecule has 2 aromatic rings. The number of fused-ring (bicyclic) bond motifs is 1. The molecule has 1 N–H and O–H groups in total. The molecule has 2 amide bonds. The third kappa shape index (κ3) is 4.39. The lowest BCUT2D eigenvalue weighted by Gasteiger charge is -2.33. The molecule has 1 aliphatic heterocycles. The molecule has 0 saturated heterocycles. The summed E-state index contributed by atoms with van der Waals surface area (Å²) in [5, 5.41) is 2.89. The number of hydrogen-bond acceptors (Lipinski definition) is 4. The van der Waals surface area contributed by atoms with Crippen molar-refractivity contribution >= 4 is 17.5 Å². The summed E-state index contributed by atoms with van der Waals surface area (Å²) in [6.45, 7) is 4.41. The molecule has 0 spiro atoms. The summed E-state index contributed by atoms with van der Waals surface area (Å²) >= 11 is 0. The molecule has 0 unspecified atom stereocenters. The molecule has 3 rings (SSSR count). The highest BCUT2D eigenvalue weighted by molar-refractivity contribution is 6.00. The number of ether oxygens (including phenoxy) is 2. The first-order valence-electron chi connectivity index (χ1n) is 8.96. The lowest BCUT2D eigenvalue weighted by atomic mass is 10.1. The van der Waals surface area contributed by atoms with Crippen LogP contribution in [-0.2, 0) is 16.1 Å². The Balaban J connectivity index is 1.61. The zero-order valence-corrected chi connectivity index (χ0v) is 15.8. The van der Waals surface area contributed by atoms with Crippen molar-refractivity contribution in [2.45, 2.75) is 32.9 Å². The van der Waals surface area contributed by atoms with Gasteiger partial charge in [-0.1, -0.05) is 18.2 Å². The van der Waals surface area contributed by atoms with Crippen LogP contribution in [0.25, 0.3) is 0 Å². The van der Waals surface area contributed by atoms with Crippen LogP contribution >= 0.6 is 0 Å². The third-order valence-electron chi connectivity index (χ3n) is 4.51. The van der Waals surface area contributed by atoms with Gasteiger partial charge in [0, 0.05) is 19.5 Å². The van der Waals surface area contributed by atoms with Gasteiger partial charge < -0.3 is 19.7 Å². The molecule has 2 aromatic carbocycles. The van der Waals surface area contributed by atoms with E-state index in [-0.39, 0.29) is 18.2 Å². The summed E-state index contributed by atoms with van der Waals surface area (Å²) in [6, 6.07) is 13.3. The van der Waals surface area contributed by atoms with Gasteiger partial charge in [0.1, 0.15) is 11.5 Å². The molecule has 1 aliphatic rings. The van der Waals surface area contributed by atoms with Gasteiger partial charge in [0.05, 0.1) is 12.8 Å². The molecule has 0 radical (unpaired) electrons. The molecule has 6 nitrogen and oxygen atoms in total. The van der Waals surface area contributed by atoms with Gasteiger partial charge in [0.25, 0.3) is 5.91 Å². The fraction of sp³-hybridized carbons (Fsp3) is 0.333. The Hall–Kier alpha value is -3.02. The molecule has 6 heteroatoms. The van der Waals surface area contributed by atoms with Crippen molar-refractivity contribution in [1.29, 1.82) is 0 Å². The third-order valence-corrected chi connectivity index (χ3v) is 4.51. The molecule has 0 fully saturated rings. The largest absolute Gasteiger partial charge is 0.497 e. The van der Waals surface area contributed by atoms with E-state index in [0.29, 0.717) is 18.8 Å². The van der Waals surface area contributed by atoms with Crippen molar-refractivity contribution < 1.29 is 19.1 Å². The first-order valence-corrected chi connectivity index (χ1v) is 8.96. The van der Waals surface area contributed by atoms with Crippen LogP contribution in [0.4, 0.5) is 5.69 Å². The number of anilines is 1. The SMILES string of the molecule is COc1cccc(CNC(=O)CCN2C(=O)[C@H](C)Oc3ccc(C)cc32)c1. The predicted octanol–water partition coefficient (Wildman–Crippen LogP) is 2.82. The molecule has 142 valence electrons. The van der Waals surface area contributed by atoms with Crippen molar-refractivity contribution in [1.82, 2.24) is 5.32 Å². The lowest BCUT2D eigenvalue weighted by molar-refractivity contribution is -0.125. The van der Waals surface area contributed by atoms with E-state index < -0.39 is 6.10 Å². The van der Waals surface area contributed by atoms with Gasteiger partial charge in [-0.15, -0.1) is 0 Å². The standard InChI is InChI=1S/C21H24N2O4/c1-14-7-8-19-18(11-14)23(21(25)15(2)27-19)10-9-20(24)22-13-16-5-4-6-17(12-16)26-3/h4-8,11-12,15H,9-10,13H2,1-3H3,(H,22,24)/t15-/m0/s1. The number of carbonyl (C=O) groups is 2. The Morgan fingerprint density at radius 3 is 2.85 bits per heavy atom. The van der Waals surface area contributed by atoms with E-state index in [4.69, 9.17) is 9.47 Å². The smallest absolute Gasteiger partial charge is 0.267 e. The normalized spacial score (nSPS) is 15.7. The van der Waals surface area contributed by atoms with E-state index in [1.807, 2.05) is 49.4 Å². The van der Waals surface area contributed by atoms with Crippen molar-refractivity contribution in [2.24, 2.45) is 0 Å². The number of aryl methyl sites for hydroxylation is 1. The van der Waals surface area contributed by atoms with Gasteiger partial charge in [-0.25, -0.2) is 0 Å². The zero-order valence-electron chi connectivity index (χ0n) is 15.8. The lowest BCUT2D eigenvalue weighted by Crippen LogP contribution is -2.45. The van der Waals surface area contributed by atoms with Gasteiger partial charge in [0.2, 0.25) is 5.91 Å². The summed E-state index contributed by atoms with van der Waals surface area (Å²) in [4.78, 5) is 26.4. The summed E-state index contributed by atoms with van der Waals surface area (Å²) in [6.07, 6.45) is -0.337. The molecule has 1 atom stereocenters. The number of carbonyl (C=O) groups excluding carboxylic acids is 2. The van der Waals surface area contributed by atoms with Crippen LogP contribution in [-0.4, -0.2) is 31.6 Å². The van der Waals surface area contributed by atoms with Gasteiger partial charge in [-0.3, -0.25) is 9.59 Å². The highest BCUT2D eigenvalue weighted by Gasteiger charge is 2.31. The number of benzene rings is 2. The minimum atomic E-state index is -0.556. The number of nitrogens with zero attached hydrogens (tertiary/aromatic N) is 1. The zero-order chi connectivity index (χ0) is 19.4. The molecule has 27 heavy (non-hydrogen) atoms. The molecular formula is C21H24N2O4. The van der Waals surface area contributed by atoms with E-state index in [0.717, 1.165) is 22.6 Å². The van der Waals surface area contributed by atoms with Gasteiger partial charge >= 0.3 is 0 Å². The van der Waals surface area contributed by atoms with Gasteiger partial charge in [-0.05, 0) is 49.2 Å². The van der Waals surface area contributed by atoms with E-state index in [1.165, 1.54) is 0 Å². The second-order valence-corrected chi connectivity index (χ2v) is 6.60. The van der Waals surface area contributed by atoms with Crippen molar-refractivity contribution in [2.75, 3.05) is 18.6 Å². The number of methoxy groups -OCH3 is 1. The van der Waals surface area contributed by atoms with Gasteiger partial charge in [0.15, 0.2) is 6.10 Å². The van der Waals surface area contributed by atoms with Crippen LogP contribution in [0.15, 0.2) is 42.5 Å². The van der Waals surface area contributed by atoms with Crippen LogP contribution in [0, 0.1) is 6.92 Å². The molecule has 0 aromatic heterocycles. The monoisotopic (exact) mass is 368 g/mol. The number of nitrogens with one attached hydrogen (secondary N) is 1. The van der Waals surface area contributed by atoms with Crippen LogP contribution in [0.2, 0.25) is 0 Å². The topological polar surface area (TPSA) is 67.9 Å². The second kappa shape index (κ2) is 8.12. The Morgan fingerprint density at radius 2 is 2.07 bits per heavy atom. The fourth-order valence-electron chi connectivity index (χ4n) is 3.03. The highest BCUT2D eigenvalue weighted by Crippen LogP contribution is 2.34. The average molecular weight is 368 g/mol. The molecule has 0 saturated carbocycles. The summed E-state index contributed by atoms with van der Waals surface area (Å²) < 4.78 is 10.8. The fourth-order valence-corrected chi connectivity index (χ4v) is 3.03. The Labute approximate surface area is 159 Å². The van der Waals surface area contributed by atoms with Crippen LogP contribution in [0.3, 0.4) is 0 Å². The minimum Gasteiger partial charge on any atom is -0.497 e. The summed E-state index contributed by atoms with van der Waals surface area (Å²) in [5.41, 5.74) is 2.71. The van der Waals surface area contributed by atoms with E-state index in [9.17, 15) is 9.59 Å². The molecule has 1 heterocycles. The van der Waals surface area contributed by atoms with Crippen LogP contribution < -0.4 is 19.7 Å². The van der Waals surface area contributed by atoms with Crippen molar-refractivity contribution in [3.8, 4) is 11.5 Å². The first-order chi connectivity index (χ1) is 13.0. The van der Waals surface area contributed by atoms with E-state index in [1.54, 1.807) is 18.9 Å². The maximum absolute atomic E-state index is 12.5. The minimum absolute atomic E-state index is 0.112. The van der Waals surface area contributed by atoms with Crippen molar-refractivity contribution in [3.05, 3.63) is 53.6 Å². The maximum atomic E-state index is 12.5.